The summed E-state index contributed by atoms with van der Waals surface area (Å²) in [5.41, 5.74) is 1.65. The summed E-state index contributed by atoms with van der Waals surface area (Å²) >= 11 is -1.05. The van der Waals surface area contributed by atoms with Crippen molar-refractivity contribution in [3.8, 4) is 0 Å². The topological polar surface area (TPSA) is 64.1 Å². The maximum atomic E-state index is 15.3. The van der Waals surface area contributed by atoms with Crippen LogP contribution >= 0.6 is 0 Å². The van der Waals surface area contributed by atoms with Gasteiger partial charge in [-0.05, 0) is 47.3 Å². The van der Waals surface area contributed by atoms with Crippen molar-refractivity contribution in [2.45, 2.75) is 49.7 Å². The Morgan fingerprint density at radius 2 is 1.70 bits per heavy atom. The molecule has 1 aromatic heterocycles. The Hall–Kier alpha value is -2.78. The van der Waals surface area contributed by atoms with E-state index in [1.807, 2.05) is 17.0 Å². The summed E-state index contributed by atoms with van der Waals surface area (Å²) in [7, 11) is 0. The Morgan fingerprint density at radius 3 is 2.27 bits per heavy atom. The molecule has 1 heterocycles. The molecule has 1 unspecified atom stereocenters. The van der Waals surface area contributed by atoms with E-state index in [9.17, 15) is 13.3 Å². The van der Waals surface area contributed by atoms with Crippen molar-refractivity contribution in [1.29, 1.82) is 0 Å². The molecule has 1 atom stereocenters. The average molecular weight is 475 g/mol. The monoisotopic (exact) mass is 474 g/mol. The van der Waals surface area contributed by atoms with Crippen molar-refractivity contribution >= 4 is 22.8 Å². The second-order valence-electron chi connectivity index (χ2n) is 8.26. The van der Waals surface area contributed by atoms with Crippen LogP contribution in [-0.4, -0.2) is 26.8 Å². The van der Waals surface area contributed by atoms with E-state index in [-0.39, 0.29) is 23.2 Å². The van der Waals surface area contributed by atoms with Gasteiger partial charge in [-0.25, -0.2) is 18.7 Å². The predicted molar refractivity (Wildman–Crippen MR) is 123 cm³/mol. The van der Waals surface area contributed by atoms with Gasteiger partial charge < -0.3 is 14.8 Å². The Balaban J connectivity index is 1.49. The molecule has 0 radical (unpaired) electrons. The van der Waals surface area contributed by atoms with Gasteiger partial charge in [-0.15, -0.1) is 0 Å². The van der Waals surface area contributed by atoms with Crippen LogP contribution in [0.25, 0.3) is 0 Å². The first kappa shape index (κ1) is 23.4. The van der Waals surface area contributed by atoms with Crippen LogP contribution in [0.4, 0.5) is 24.8 Å². The van der Waals surface area contributed by atoms with Crippen LogP contribution in [0.2, 0.25) is 0 Å². The van der Waals surface area contributed by atoms with E-state index in [0.717, 1.165) is 35.8 Å². The first-order chi connectivity index (χ1) is 15.7. The van der Waals surface area contributed by atoms with E-state index in [1.165, 1.54) is 18.5 Å². The lowest BCUT2D eigenvalue weighted by molar-refractivity contribution is 0.0174. The Bertz CT molecular complexity index is 1080. The highest BCUT2D eigenvalue weighted by Crippen LogP contribution is 2.35. The molecule has 3 aromatic rings. The number of halogens is 3. The van der Waals surface area contributed by atoms with Crippen molar-refractivity contribution < 1.29 is 17.7 Å². The van der Waals surface area contributed by atoms with Gasteiger partial charge in [0.25, 0.3) is 5.92 Å². The lowest BCUT2D eigenvalue weighted by atomic mass is 10.1. The first-order valence-corrected chi connectivity index (χ1v) is 12.2. The Labute approximate surface area is 194 Å². The predicted octanol–water partition coefficient (Wildman–Crippen LogP) is 5.25. The maximum absolute atomic E-state index is 15.3. The zero-order valence-corrected chi connectivity index (χ0v) is 19.2. The van der Waals surface area contributed by atoms with Crippen molar-refractivity contribution in [1.82, 2.24) is 9.97 Å². The highest BCUT2D eigenvalue weighted by Gasteiger charge is 2.33. The molecule has 0 spiro atoms. The SMILES string of the molecule is C[S+]([O-])c1ccc(CNc2ncnc(N(Cc3ccc(C(C)(F)F)cc3)C3CC3)c2F)cc1. The van der Waals surface area contributed by atoms with E-state index < -0.39 is 22.9 Å². The van der Waals surface area contributed by atoms with E-state index in [4.69, 9.17) is 0 Å². The van der Waals surface area contributed by atoms with Crippen LogP contribution < -0.4 is 10.2 Å². The van der Waals surface area contributed by atoms with Gasteiger partial charge in [0.05, 0.1) is 0 Å². The fourth-order valence-corrected chi connectivity index (χ4v) is 4.05. The fraction of sp³-hybridized carbons (Fsp3) is 0.333. The molecule has 2 aromatic carbocycles. The minimum Gasteiger partial charge on any atom is -0.612 e. The third-order valence-electron chi connectivity index (χ3n) is 5.56. The van der Waals surface area contributed by atoms with Crippen molar-refractivity contribution in [2.24, 2.45) is 0 Å². The van der Waals surface area contributed by atoms with Crippen LogP contribution in [0.3, 0.4) is 0 Å². The van der Waals surface area contributed by atoms with Gasteiger partial charge in [-0.1, -0.05) is 36.4 Å². The smallest absolute Gasteiger partial charge is 0.270 e. The molecular weight excluding hydrogens is 449 g/mol. The van der Waals surface area contributed by atoms with Gasteiger partial charge in [0.15, 0.2) is 16.5 Å². The number of hydrogen-bond donors (Lipinski definition) is 1. The number of rotatable bonds is 9. The lowest BCUT2D eigenvalue weighted by Gasteiger charge is -2.25. The largest absolute Gasteiger partial charge is 0.612 e. The number of nitrogens with zero attached hydrogens (tertiary/aromatic N) is 3. The number of nitrogens with one attached hydrogen (secondary N) is 1. The van der Waals surface area contributed by atoms with Gasteiger partial charge in [0, 0.05) is 31.6 Å². The Kier molecular flexibility index (Phi) is 6.81. The molecule has 1 aliphatic rings. The van der Waals surface area contributed by atoms with Gasteiger partial charge in [-0.3, -0.25) is 0 Å². The second kappa shape index (κ2) is 9.61. The van der Waals surface area contributed by atoms with Gasteiger partial charge in [-0.2, -0.15) is 4.39 Å². The third kappa shape index (κ3) is 5.78. The molecule has 9 heteroatoms. The number of benzene rings is 2. The number of anilines is 2. The van der Waals surface area contributed by atoms with Crippen molar-refractivity contribution in [3.05, 3.63) is 77.4 Å². The van der Waals surface area contributed by atoms with Gasteiger partial charge in [0.1, 0.15) is 12.6 Å². The quantitative estimate of drug-likeness (QED) is 0.430. The van der Waals surface area contributed by atoms with E-state index in [0.29, 0.717) is 13.1 Å². The number of hydrogen-bond acceptors (Lipinski definition) is 5. The molecule has 1 saturated carbocycles. The molecule has 0 aliphatic heterocycles. The summed E-state index contributed by atoms with van der Waals surface area (Å²) in [6.45, 7) is 1.58. The highest BCUT2D eigenvalue weighted by molar-refractivity contribution is 7.90. The zero-order valence-electron chi connectivity index (χ0n) is 18.4. The minimum atomic E-state index is -2.90. The lowest BCUT2D eigenvalue weighted by Crippen LogP contribution is -2.27. The molecule has 5 nitrogen and oxygen atoms in total. The number of aromatic nitrogens is 2. The molecular formula is C24H25F3N4OS. The summed E-state index contributed by atoms with van der Waals surface area (Å²) in [6, 6.07) is 13.5. The summed E-state index contributed by atoms with van der Waals surface area (Å²) < 4.78 is 53.9. The summed E-state index contributed by atoms with van der Waals surface area (Å²) in [5, 5.41) is 3.01. The van der Waals surface area contributed by atoms with Crippen LogP contribution in [0, 0.1) is 5.82 Å². The Morgan fingerprint density at radius 1 is 1.06 bits per heavy atom. The minimum absolute atomic E-state index is 0.0536. The fourth-order valence-electron chi connectivity index (χ4n) is 3.53. The van der Waals surface area contributed by atoms with Gasteiger partial charge >= 0.3 is 0 Å². The van der Waals surface area contributed by atoms with Crippen LogP contribution in [0.15, 0.2) is 59.8 Å². The summed E-state index contributed by atoms with van der Waals surface area (Å²) in [5.74, 6) is -3.17. The van der Waals surface area contributed by atoms with Gasteiger partial charge in [0.2, 0.25) is 5.82 Å². The third-order valence-corrected chi connectivity index (χ3v) is 6.50. The first-order valence-electron chi connectivity index (χ1n) is 10.6. The molecule has 0 saturated heterocycles. The van der Waals surface area contributed by atoms with Crippen LogP contribution in [0.1, 0.15) is 36.5 Å². The molecule has 1 aliphatic carbocycles. The maximum Gasteiger partial charge on any atom is 0.270 e. The zero-order chi connectivity index (χ0) is 23.6. The van der Waals surface area contributed by atoms with E-state index >= 15 is 4.39 Å². The van der Waals surface area contributed by atoms with Crippen molar-refractivity contribution in [2.75, 3.05) is 16.5 Å². The van der Waals surface area contributed by atoms with Crippen LogP contribution in [0.5, 0.6) is 0 Å². The standard InChI is InChI=1S/C24H25F3N4OS/c1-24(26,27)18-7-3-17(4-8-18)14-31(19-9-10-19)23-21(25)22(29-15-30-23)28-13-16-5-11-20(12-6-16)33(2)32/h3-8,11-12,15,19H,9-10,13-14H2,1-2H3,(H,28,29,30). The van der Waals surface area contributed by atoms with E-state index in [2.05, 4.69) is 15.3 Å². The second-order valence-corrected chi connectivity index (χ2v) is 9.64. The molecule has 33 heavy (non-hydrogen) atoms. The molecule has 4 rings (SSSR count). The molecule has 174 valence electrons. The van der Waals surface area contributed by atoms with E-state index in [1.54, 1.807) is 30.5 Å². The summed E-state index contributed by atoms with van der Waals surface area (Å²) in [6.07, 6.45) is 4.77. The normalized spacial score (nSPS) is 14.7. The summed E-state index contributed by atoms with van der Waals surface area (Å²) in [4.78, 5) is 10.8. The number of alkyl halides is 2. The molecule has 1 fully saturated rings. The van der Waals surface area contributed by atoms with Crippen molar-refractivity contribution in [3.63, 3.8) is 0 Å². The average Bonchev–Trinajstić information content (AvgIpc) is 3.62. The molecule has 0 bridgehead atoms. The molecule has 0 amide bonds. The highest BCUT2D eigenvalue weighted by atomic mass is 32.2. The van der Waals surface area contributed by atoms with Crippen LogP contribution in [-0.2, 0) is 30.2 Å². The molecule has 1 N–H and O–H groups in total.